The molecule has 1 N–H and O–H groups in total. The van der Waals surface area contributed by atoms with Crippen LogP contribution in [0.15, 0.2) is 22.7 Å². The van der Waals surface area contributed by atoms with Crippen molar-refractivity contribution in [3.05, 3.63) is 39.5 Å². The van der Waals surface area contributed by atoms with Gasteiger partial charge in [-0.3, -0.25) is 4.98 Å². The summed E-state index contributed by atoms with van der Waals surface area (Å²) in [5, 5.41) is 11.6. The number of fused-ring (bicyclic) bond motifs is 2. The van der Waals surface area contributed by atoms with Gasteiger partial charge in [-0.25, -0.2) is 0 Å². The van der Waals surface area contributed by atoms with E-state index in [1.54, 1.807) is 0 Å². The summed E-state index contributed by atoms with van der Waals surface area (Å²) in [7, 11) is 0. The largest absolute Gasteiger partial charge is 0.386 e. The van der Waals surface area contributed by atoms with Gasteiger partial charge in [-0.05, 0) is 66.2 Å². The maximum Gasteiger partial charge on any atom is 0.0851 e. The molecule has 1 aromatic carbocycles. The van der Waals surface area contributed by atoms with E-state index in [1.165, 1.54) is 5.56 Å². The minimum Gasteiger partial charge on any atom is -0.386 e. The summed E-state index contributed by atoms with van der Waals surface area (Å²) in [6, 6.07) is 6.06. The molecule has 0 atom stereocenters. The van der Waals surface area contributed by atoms with E-state index in [4.69, 9.17) is 4.98 Å². The summed E-state index contributed by atoms with van der Waals surface area (Å²) >= 11 is 3.56. The molecule has 18 heavy (non-hydrogen) atoms. The molecule has 0 spiro atoms. The highest BCUT2D eigenvalue weighted by atomic mass is 79.9. The molecular weight excluding hydrogens is 290 g/mol. The van der Waals surface area contributed by atoms with E-state index in [0.29, 0.717) is 0 Å². The van der Waals surface area contributed by atoms with Crippen LogP contribution in [0.3, 0.4) is 0 Å². The Morgan fingerprint density at radius 2 is 2.06 bits per heavy atom. The molecular formula is C15H16BrNO. The Kier molecular flexibility index (Phi) is 2.72. The van der Waals surface area contributed by atoms with E-state index in [9.17, 15) is 5.11 Å². The first-order valence-corrected chi connectivity index (χ1v) is 7.10. The summed E-state index contributed by atoms with van der Waals surface area (Å²) in [6.07, 6.45) is 3.19. The second kappa shape index (κ2) is 4.04. The quantitative estimate of drug-likeness (QED) is 0.871. The first-order valence-electron chi connectivity index (χ1n) is 6.31. The van der Waals surface area contributed by atoms with Crippen molar-refractivity contribution in [3.63, 3.8) is 0 Å². The molecule has 0 fully saturated rings. The Morgan fingerprint density at radius 1 is 1.28 bits per heavy atom. The van der Waals surface area contributed by atoms with Gasteiger partial charge in [-0.2, -0.15) is 0 Å². The monoisotopic (exact) mass is 305 g/mol. The van der Waals surface area contributed by atoms with E-state index in [1.807, 2.05) is 26.0 Å². The lowest BCUT2D eigenvalue weighted by atomic mass is 9.89. The van der Waals surface area contributed by atoms with Crippen LogP contribution >= 0.6 is 15.9 Å². The minimum absolute atomic E-state index is 0.823. The number of halogens is 1. The van der Waals surface area contributed by atoms with E-state index in [2.05, 4.69) is 22.0 Å². The van der Waals surface area contributed by atoms with Crippen LogP contribution in [-0.4, -0.2) is 10.1 Å². The molecule has 0 amide bonds. The number of aliphatic hydroxyl groups is 1. The van der Waals surface area contributed by atoms with Gasteiger partial charge in [0.15, 0.2) is 0 Å². The number of benzene rings is 1. The lowest BCUT2D eigenvalue weighted by Gasteiger charge is -2.24. The van der Waals surface area contributed by atoms with Crippen molar-refractivity contribution in [2.45, 2.75) is 38.7 Å². The fraction of sp³-hybridized carbons (Fsp3) is 0.400. The molecule has 0 unspecified atom stereocenters. The second-order valence-electron chi connectivity index (χ2n) is 5.46. The highest BCUT2D eigenvalue weighted by molar-refractivity contribution is 9.10. The van der Waals surface area contributed by atoms with Gasteiger partial charge in [-0.1, -0.05) is 12.1 Å². The Balaban J connectivity index is 2.47. The standard InChI is InChI=1S/C15H16BrNO/c1-15(2,18)13-9-5-4-8-12(9)17-14-10(13)6-3-7-11(14)16/h3,6-7,18H,4-5,8H2,1-2H3. The van der Waals surface area contributed by atoms with E-state index in [-0.39, 0.29) is 0 Å². The average Bonchev–Trinajstić information content (AvgIpc) is 2.72. The second-order valence-corrected chi connectivity index (χ2v) is 6.31. The molecule has 1 heterocycles. The molecule has 0 aliphatic heterocycles. The van der Waals surface area contributed by atoms with Crippen molar-refractivity contribution in [1.82, 2.24) is 4.98 Å². The number of hydrogen-bond acceptors (Lipinski definition) is 2. The summed E-state index contributed by atoms with van der Waals surface area (Å²) in [5.41, 5.74) is 3.62. The average molecular weight is 306 g/mol. The molecule has 2 aromatic rings. The highest BCUT2D eigenvalue weighted by Gasteiger charge is 2.28. The van der Waals surface area contributed by atoms with Gasteiger partial charge >= 0.3 is 0 Å². The van der Waals surface area contributed by atoms with Crippen LogP contribution in [0.2, 0.25) is 0 Å². The van der Waals surface area contributed by atoms with Crippen LogP contribution in [0.4, 0.5) is 0 Å². The van der Waals surface area contributed by atoms with Gasteiger partial charge in [0.1, 0.15) is 0 Å². The van der Waals surface area contributed by atoms with Crippen molar-refractivity contribution in [3.8, 4) is 0 Å². The maximum absolute atomic E-state index is 10.5. The zero-order chi connectivity index (χ0) is 12.9. The third-order valence-electron chi connectivity index (χ3n) is 3.61. The molecule has 94 valence electrons. The first kappa shape index (κ1) is 12.1. The number of nitrogens with zero attached hydrogens (tertiary/aromatic N) is 1. The summed E-state index contributed by atoms with van der Waals surface area (Å²) in [4.78, 5) is 4.77. The number of hydrogen-bond donors (Lipinski definition) is 1. The molecule has 1 aromatic heterocycles. The van der Waals surface area contributed by atoms with Crippen molar-refractivity contribution in [1.29, 1.82) is 0 Å². The number of rotatable bonds is 1. The van der Waals surface area contributed by atoms with E-state index >= 15 is 0 Å². The van der Waals surface area contributed by atoms with Crippen molar-refractivity contribution >= 4 is 26.8 Å². The topological polar surface area (TPSA) is 33.1 Å². The third kappa shape index (κ3) is 1.77. The van der Waals surface area contributed by atoms with Gasteiger partial charge < -0.3 is 5.11 Å². The number of para-hydroxylation sites is 1. The number of aryl methyl sites for hydroxylation is 1. The summed E-state index contributed by atoms with van der Waals surface area (Å²) in [6.45, 7) is 3.72. The number of aromatic nitrogens is 1. The normalized spacial score (nSPS) is 15.1. The fourth-order valence-corrected chi connectivity index (χ4v) is 3.40. The van der Waals surface area contributed by atoms with Gasteiger partial charge in [-0.15, -0.1) is 0 Å². The predicted octanol–water partition coefficient (Wildman–Crippen LogP) is 3.71. The van der Waals surface area contributed by atoms with Crippen LogP contribution in [0.5, 0.6) is 0 Å². The lowest BCUT2D eigenvalue weighted by Crippen LogP contribution is -2.19. The Labute approximate surface area is 115 Å². The third-order valence-corrected chi connectivity index (χ3v) is 4.25. The van der Waals surface area contributed by atoms with Gasteiger partial charge in [0.25, 0.3) is 0 Å². The van der Waals surface area contributed by atoms with Crippen LogP contribution in [0.25, 0.3) is 10.9 Å². The molecule has 1 aliphatic rings. The molecule has 3 heteroatoms. The van der Waals surface area contributed by atoms with Crippen LogP contribution in [-0.2, 0) is 18.4 Å². The van der Waals surface area contributed by atoms with E-state index < -0.39 is 5.60 Å². The van der Waals surface area contributed by atoms with Gasteiger partial charge in [0.2, 0.25) is 0 Å². The minimum atomic E-state index is -0.823. The maximum atomic E-state index is 10.5. The van der Waals surface area contributed by atoms with E-state index in [0.717, 1.165) is 45.9 Å². The van der Waals surface area contributed by atoms with Gasteiger partial charge in [0.05, 0.1) is 11.1 Å². The van der Waals surface area contributed by atoms with Crippen molar-refractivity contribution in [2.24, 2.45) is 0 Å². The molecule has 2 nitrogen and oxygen atoms in total. The van der Waals surface area contributed by atoms with Crippen molar-refractivity contribution in [2.75, 3.05) is 0 Å². The molecule has 0 saturated heterocycles. The smallest absolute Gasteiger partial charge is 0.0851 e. The molecule has 1 aliphatic carbocycles. The fourth-order valence-electron chi connectivity index (χ4n) is 2.95. The van der Waals surface area contributed by atoms with Crippen LogP contribution in [0.1, 0.15) is 37.1 Å². The van der Waals surface area contributed by atoms with Crippen molar-refractivity contribution < 1.29 is 5.11 Å². The molecule has 0 saturated carbocycles. The molecule has 0 radical (unpaired) electrons. The Morgan fingerprint density at radius 3 is 2.78 bits per heavy atom. The first-order chi connectivity index (χ1) is 8.48. The highest BCUT2D eigenvalue weighted by Crippen LogP contribution is 2.38. The summed E-state index contributed by atoms with van der Waals surface area (Å²) < 4.78 is 1.00. The van der Waals surface area contributed by atoms with Crippen LogP contribution in [0, 0.1) is 0 Å². The number of pyridine rings is 1. The van der Waals surface area contributed by atoms with Crippen LogP contribution < -0.4 is 0 Å². The zero-order valence-corrected chi connectivity index (χ0v) is 12.2. The SMILES string of the molecule is CC(C)(O)c1c2c(nc3c(Br)cccc13)CCC2. The van der Waals surface area contributed by atoms with Gasteiger partial charge in [0, 0.05) is 15.6 Å². The Hall–Kier alpha value is -0.930. The Bertz CT molecular complexity index is 628. The molecule has 0 bridgehead atoms. The summed E-state index contributed by atoms with van der Waals surface area (Å²) in [5.74, 6) is 0. The molecule has 3 rings (SSSR count). The zero-order valence-electron chi connectivity index (χ0n) is 10.6. The predicted molar refractivity (Wildman–Crippen MR) is 76.7 cm³/mol. The lowest BCUT2D eigenvalue weighted by molar-refractivity contribution is 0.0792.